The van der Waals surface area contributed by atoms with Crippen molar-refractivity contribution in [2.24, 2.45) is 5.92 Å². The van der Waals surface area contributed by atoms with Crippen LogP contribution in [0.5, 0.6) is 0 Å². The molecule has 186 valence electrons. The second kappa shape index (κ2) is 9.35. The van der Waals surface area contributed by atoms with Crippen molar-refractivity contribution in [3.63, 3.8) is 0 Å². The summed E-state index contributed by atoms with van der Waals surface area (Å²) in [4.78, 5) is 32.3. The highest BCUT2D eigenvalue weighted by Crippen LogP contribution is 2.45. The van der Waals surface area contributed by atoms with Gasteiger partial charge in [-0.2, -0.15) is 0 Å². The number of ether oxygens (including phenoxy) is 1. The Kier molecular flexibility index (Phi) is 6.40. The first-order chi connectivity index (χ1) is 16.8. The molecule has 1 aromatic carbocycles. The molecule has 3 aliphatic rings. The Morgan fingerprint density at radius 2 is 1.94 bits per heavy atom. The number of sulfonamides is 1. The van der Waals surface area contributed by atoms with Crippen molar-refractivity contribution in [1.29, 1.82) is 0 Å². The number of amides is 1. The van der Waals surface area contributed by atoms with E-state index in [1.54, 1.807) is 36.5 Å². The standard InChI is InChI=1S/C26H31N3O5S/c1-18-22(16-28-35(32,33)20-8-4-2-5-9-20)21-10-13-29(17-19(21)15-27-18)25(31)23-14-24(30)34-26(23)11-6-3-7-12-26/h2,4-5,8-9,15,23,28H,3,6-7,10-14,16-17H2,1H3. The van der Waals surface area contributed by atoms with Gasteiger partial charge in [0.15, 0.2) is 0 Å². The van der Waals surface area contributed by atoms with Crippen LogP contribution in [0.15, 0.2) is 41.4 Å². The van der Waals surface area contributed by atoms with Gasteiger partial charge < -0.3 is 9.64 Å². The Labute approximate surface area is 206 Å². The van der Waals surface area contributed by atoms with Crippen LogP contribution in [0.1, 0.15) is 60.9 Å². The fourth-order valence-corrected chi connectivity index (χ4v) is 6.84. The molecule has 3 heterocycles. The van der Waals surface area contributed by atoms with E-state index in [0.29, 0.717) is 19.5 Å². The Bertz CT molecular complexity index is 1240. The average Bonchev–Trinajstić information content (AvgIpc) is 3.18. The zero-order valence-corrected chi connectivity index (χ0v) is 20.8. The lowest BCUT2D eigenvalue weighted by atomic mass is 9.75. The Morgan fingerprint density at radius 1 is 1.20 bits per heavy atom. The molecule has 5 rings (SSSR count). The SMILES string of the molecule is Cc1ncc2c(c1CNS(=O)(=O)c1ccccc1)CCN(C(=O)C1CC(=O)OC13CCCCC3)C2. The van der Waals surface area contributed by atoms with E-state index in [0.717, 1.165) is 54.5 Å². The van der Waals surface area contributed by atoms with E-state index >= 15 is 0 Å². The number of hydrogen-bond donors (Lipinski definition) is 1. The van der Waals surface area contributed by atoms with E-state index in [1.807, 2.05) is 11.8 Å². The molecule has 0 radical (unpaired) electrons. The van der Waals surface area contributed by atoms with Crippen molar-refractivity contribution in [2.75, 3.05) is 6.54 Å². The number of aromatic nitrogens is 1. The number of rotatable bonds is 5. The number of pyridine rings is 1. The third kappa shape index (κ3) is 4.59. The molecule has 1 atom stereocenters. The minimum atomic E-state index is -3.65. The van der Waals surface area contributed by atoms with Crippen LogP contribution in [0.4, 0.5) is 0 Å². The van der Waals surface area contributed by atoms with Crippen molar-refractivity contribution >= 4 is 21.9 Å². The number of hydrogen-bond acceptors (Lipinski definition) is 6. The van der Waals surface area contributed by atoms with Gasteiger partial charge in [0.1, 0.15) is 5.60 Å². The number of nitrogens with one attached hydrogen (secondary N) is 1. The van der Waals surface area contributed by atoms with Crippen LogP contribution in [-0.2, 0) is 43.9 Å². The maximum absolute atomic E-state index is 13.6. The highest BCUT2D eigenvalue weighted by atomic mass is 32.2. The van der Waals surface area contributed by atoms with Gasteiger partial charge in [-0.25, -0.2) is 13.1 Å². The highest BCUT2D eigenvalue weighted by molar-refractivity contribution is 7.89. The maximum atomic E-state index is 13.6. The molecule has 1 N–H and O–H groups in total. The number of fused-ring (bicyclic) bond motifs is 1. The number of carbonyl (C=O) groups is 2. The van der Waals surface area contributed by atoms with Crippen molar-refractivity contribution in [3.8, 4) is 0 Å². The molecule has 1 aliphatic carbocycles. The molecule has 8 nitrogen and oxygen atoms in total. The summed E-state index contributed by atoms with van der Waals surface area (Å²) in [5.41, 5.74) is 2.96. The normalized spacial score (nSPS) is 21.6. The summed E-state index contributed by atoms with van der Waals surface area (Å²) >= 11 is 0. The fourth-order valence-electron chi connectivity index (χ4n) is 5.82. The molecule has 9 heteroatoms. The van der Waals surface area contributed by atoms with Crippen LogP contribution in [0.2, 0.25) is 0 Å². The molecule has 1 spiro atoms. The zero-order valence-electron chi connectivity index (χ0n) is 20.0. The summed E-state index contributed by atoms with van der Waals surface area (Å²) < 4.78 is 33.9. The van der Waals surface area contributed by atoms with Crippen molar-refractivity contribution < 1.29 is 22.7 Å². The minimum Gasteiger partial charge on any atom is -0.458 e. The molecular weight excluding hydrogens is 466 g/mol. The van der Waals surface area contributed by atoms with Gasteiger partial charge in [0.25, 0.3) is 0 Å². The molecule has 2 aliphatic heterocycles. The minimum absolute atomic E-state index is 0.0182. The van der Waals surface area contributed by atoms with E-state index in [4.69, 9.17) is 4.74 Å². The number of esters is 1. The largest absolute Gasteiger partial charge is 0.458 e. The Morgan fingerprint density at radius 3 is 2.69 bits per heavy atom. The lowest BCUT2D eigenvalue weighted by molar-refractivity contribution is -0.156. The summed E-state index contributed by atoms with van der Waals surface area (Å²) in [5, 5.41) is 0. The first-order valence-corrected chi connectivity index (χ1v) is 13.8. The predicted molar refractivity (Wildman–Crippen MR) is 129 cm³/mol. The summed E-state index contributed by atoms with van der Waals surface area (Å²) in [6, 6.07) is 8.29. The van der Waals surface area contributed by atoms with Gasteiger partial charge in [0.2, 0.25) is 15.9 Å². The van der Waals surface area contributed by atoms with Gasteiger partial charge >= 0.3 is 5.97 Å². The molecule has 1 unspecified atom stereocenters. The van der Waals surface area contributed by atoms with E-state index < -0.39 is 21.5 Å². The Hall–Kier alpha value is -2.78. The fraction of sp³-hybridized carbons (Fsp3) is 0.500. The number of aryl methyl sites for hydroxylation is 1. The number of nitrogens with zero attached hydrogens (tertiary/aromatic N) is 2. The first kappa shape index (κ1) is 23.9. The van der Waals surface area contributed by atoms with Crippen molar-refractivity contribution in [2.45, 2.75) is 75.5 Å². The quantitative estimate of drug-likeness (QED) is 0.637. The van der Waals surface area contributed by atoms with E-state index in [2.05, 4.69) is 9.71 Å². The Balaban J connectivity index is 1.33. The lowest BCUT2D eigenvalue weighted by Gasteiger charge is -2.39. The molecule has 1 saturated carbocycles. The summed E-state index contributed by atoms with van der Waals surface area (Å²) in [5.74, 6) is -0.712. The number of benzene rings is 1. The van der Waals surface area contributed by atoms with E-state index in [9.17, 15) is 18.0 Å². The van der Waals surface area contributed by atoms with Crippen LogP contribution >= 0.6 is 0 Å². The molecule has 2 aromatic rings. The first-order valence-electron chi connectivity index (χ1n) is 12.3. The smallest absolute Gasteiger partial charge is 0.307 e. The molecular formula is C26H31N3O5S. The number of carbonyl (C=O) groups excluding carboxylic acids is 2. The van der Waals surface area contributed by atoms with Gasteiger partial charge in [-0.15, -0.1) is 0 Å². The summed E-state index contributed by atoms with van der Waals surface area (Å²) in [6.45, 7) is 2.94. The second-order valence-corrected chi connectivity index (χ2v) is 11.6. The second-order valence-electron chi connectivity index (χ2n) is 9.83. The third-order valence-corrected chi connectivity index (χ3v) is 9.14. The van der Waals surface area contributed by atoms with Gasteiger partial charge in [0.05, 0.1) is 17.2 Å². The lowest BCUT2D eigenvalue weighted by Crippen LogP contribution is -2.48. The molecule has 2 fully saturated rings. The van der Waals surface area contributed by atoms with Crippen LogP contribution in [-0.4, -0.2) is 42.3 Å². The summed E-state index contributed by atoms with van der Waals surface area (Å²) in [6.07, 6.45) is 7.13. The van der Waals surface area contributed by atoms with Crippen LogP contribution < -0.4 is 4.72 Å². The monoisotopic (exact) mass is 497 g/mol. The maximum Gasteiger partial charge on any atom is 0.307 e. The summed E-state index contributed by atoms with van der Waals surface area (Å²) in [7, 11) is -3.65. The topological polar surface area (TPSA) is 106 Å². The van der Waals surface area contributed by atoms with Gasteiger partial charge in [-0.3, -0.25) is 14.6 Å². The van der Waals surface area contributed by atoms with E-state index in [1.165, 1.54) is 0 Å². The van der Waals surface area contributed by atoms with Crippen LogP contribution in [0.3, 0.4) is 0 Å². The average molecular weight is 498 g/mol. The predicted octanol–water partition coefficient (Wildman–Crippen LogP) is 3.02. The van der Waals surface area contributed by atoms with Crippen LogP contribution in [0.25, 0.3) is 0 Å². The third-order valence-electron chi connectivity index (χ3n) is 7.72. The van der Waals surface area contributed by atoms with E-state index in [-0.39, 0.29) is 29.7 Å². The molecule has 35 heavy (non-hydrogen) atoms. The van der Waals surface area contributed by atoms with Gasteiger partial charge in [0, 0.05) is 31.5 Å². The molecule has 1 aromatic heterocycles. The zero-order chi connectivity index (χ0) is 24.6. The molecule has 0 bridgehead atoms. The molecule has 1 amide bonds. The van der Waals surface area contributed by atoms with Gasteiger partial charge in [-0.05, 0) is 67.9 Å². The van der Waals surface area contributed by atoms with Gasteiger partial charge in [-0.1, -0.05) is 24.6 Å². The highest BCUT2D eigenvalue weighted by Gasteiger charge is 2.54. The van der Waals surface area contributed by atoms with Crippen LogP contribution in [0, 0.1) is 12.8 Å². The van der Waals surface area contributed by atoms with Crippen molar-refractivity contribution in [1.82, 2.24) is 14.6 Å². The van der Waals surface area contributed by atoms with Crippen molar-refractivity contribution in [3.05, 3.63) is 58.9 Å². The molecule has 1 saturated heterocycles.